The molecule has 0 spiro atoms. The van der Waals surface area contributed by atoms with Crippen molar-refractivity contribution in [2.75, 3.05) is 32.8 Å². The van der Waals surface area contributed by atoms with Crippen LogP contribution in [0.4, 0.5) is 4.79 Å². The van der Waals surface area contributed by atoms with E-state index in [0.29, 0.717) is 19.0 Å². The van der Waals surface area contributed by atoms with Crippen LogP contribution in [0, 0.1) is 0 Å². The minimum absolute atomic E-state index is 0.101. The second-order valence-electron chi connectivity index (χ2n) is 4.95. The van der Waals surface area contributed by atoms with Crippen molar-refractivity contribution in [1.82, 2.24) is 15.5 Å². The number of aliphatic hydroxyl groups is 1. The van der Waals surface area contributed by atoms with Gasteiger partial charge in [-0.1, -0.05) is 13.3 Å². The molecule has 0 aromatic carbocycles. The molecular weight excluding hydrogens is 230 g/mol. The van der Waals surface area contributed by atoms with Gasteiger partial charge >= 0.3 is 6.03 Å². The van der Waals surface area contributed by atoms with Crippen LogP contribution in [0.5, 0.6) is 0 Å². The smallest absolute Gasteiger partial charge is 0.315 e. The van der Waals surface area contributed by atoms with Crippen molar-refractivity contribution < 1.29 is 9.90 Å². The van der Waals surface area contributed by atoms with E-state index in [1.165, 1.54) is 19.4 Å². The molecule has 106 valence electrons. The van der Waals surface area contributed by atoms with E-state index in [9.17, 15) is 4.79 Å². The van der Waals surface area contributed by atoms with Crippen LogP contribution in [0.3, 0.4) is 0 Å². The van der Waals surface area contributed by atoms with Gasteiger partial charge in [0.15, 0.2) is 0 Å². The summed E-state index contributed by atoms with van der Waals surface area (Å²) in [7, 11) is 0. The van der Waals surface area contributed by atoms with Gasteiger partial charge in [-0.15, -0.1) is 0 Å². The molecule has 0 unspecified atom stereocenters. The van der Waals surface area contributed by atoms with Crippen LogP contribution in [0.2, 0.25) is 0 Å². The van der Waals surface area contributed by atoms with Crippen molar-refractivity contribution in [2.45, 2.75) is 45.1 Å². The molecule has 0 radical (unpaired) electrons. The number of nitrogens with one attached hydrogen (secondary N) is 2. The highest BCUT2D eigenvalue weighted by atomic mass is 16.3. The summed E-state index contributed by atoms with van der Waals surface area (Å²) in [6.07, 6.45) is 5.20. The molecule has 0 aromatic rings. The lowest BCUT2D eigenvalue weighted by molar-refractivity contribution is 0.190. The molecule has 0 aliphatic carbocycles. The number of amides is 2. The van der Waals surface area contributed by atoms with Gasteiger partial charge in [0.25, 0.3) is 0 Å². The van der Waals surface area contributed by atoms with Crippen molar-refractivity contribution in [1.29, 1.82) is 0 Å². The van der Waals surface area contributed by atoms with E-state index in [4.69, 9.17) is 5.11 Å². The maximum atomic E-state index is 11.5. The van der Waals surface area contributed by atoms with Crippen molar-refractivity contribution in [3.05, 3.63) is 0 Å². The minimum Gasteiger partial charge on any atom is -0.396 e. The highest BCUT2D eigenvalue weighted by Crippen LogP contribution is 2.10. The molecule has 1 saturated heterocycles. The summed E-state index contributed by atoms with van der Waals surface area (Å²) >= 11 is 0. The number of piperidine rings is 1. The molecule has 0 atom stereocenters. The number of carbonyl (C=O) groups is 1. The Hall–Kier alpha value is -0.810. The van der Waals surface area contributed by atoms with Gasteiger partial charge in [-0.3, -0.25) is 0 Å². The average Bonchev–Trinajstić information content (AvgIpc) is 2.38. The predicted molar refractivity (Wildman–Crippen MR) is 72.6 cm³/mol. The Morgan fingerprint density at radius 2 is 2.06 bits per heavy atom. The third kappa shape index (κ3) is 6.21. The topological polar surface area (TPSA) is 64.6 Å². The van der Waals surface area contributed by atoms with Gasteiger partial charge in [0, 0.05) is 32.3 Å². The molecule has 1 rings (SSSR count). The normalized spacial score (nSPS) is 17.7. The van der Waals surface area contributed by atoms with Crippen molar-refractivity contribution in [2.24, 2.45) is 0 Å². The third-order valence-electron chi connectivity index (χ3n) is 3.37. The highest BCUT2D eigenvalue weighted by molar-refractivity contribution is 5.74. The van der Waals surface area contributed by atoms with Crippen molar-refractivity contribution in [3.8, 4) is 0 Å². The third-order valence-corrected chi connectivity index (χ3v) is 3.37. The van der Waals surface area contributed by atoms with Crippen LogP contribution in [-0.2, 0) is 0 Å². The summed E-state index contributed by atoms with van der Waals surface area (Å²) in [5, 5.41) is 14.4. The number of hydrogen-bond donors (Lipinski definition) is 3. The second-order valence-corrected chi connectivity index (χ2v) is 4.95. The lowest BCUT2D eigenvalue weighted by Crippen LogP contribution is -2.48. The van der Waals surface area contributed by atoms with Crippen LogP contribution in [0.25, 0.3) is 0 Å². The average molecular weight is 257 g/mol. The molecule has 5 nitrogen and oxygen atoms in total. The second kappa shape index (κ2) is 9.16. The van der Waals surface area contributed by atoms with Gasteiger partial charge < -0.3 is 20.6 Å². The van der Waals surface area contributed by atoms with Crippen molar-refractivity contribution >= 4 is 6.03 Å². The SMILES string of the molecule is CCCCN1CCC(NC(=O)NCCCO)CC1. The van der Waals surface area contributed by atoms with E-state index < -0.39 is 0 Å². The summed E-state index contributed by atoms with van der Waals surface area (Å²) in [6.45, 7) is 6.23. The first-order valence-corrected chi connectivity index (χ1v) is 7.13. The van der Waals surface area contributed by atoms with Gasteiger partial charge in [0.1, 0.15) is 0 Å². The fraction of sp³-hybridized carbons (Fsp3) is 0.923. The van der Waals surface area contributed by atoms with E-state index in [-0.39, 0.29) is 12.6 Å². The van der Waals surface area contributed by atoms with E-state index in [1.807, 2.05) is 0 Å². The Kier molecular flexibility index (Phi) is 7.76. The zero-order valence-electron chi connectivity index (χ0n) is 11.5. The van der Waals surface area contributed by atoms with Crippen LogP contribution < -0.4 is 10.6 Å². The number of urea groups is 1. The van der Waals surface area contributed by atoms with Gasteiger partial charge in [-0.05, 0) is 32.2 Å². The predicted octanol–water partition coefficient (Wildman–Crippen LogP) is 0.933. The lowest BCUT2D eigenvalue weighted by atomic mass is 10.0. The number of carbonyl (C=O) groups excluding carboxylic acids is 1. The fourth-order valence-corrected chi connectivity index (χ4v) is 2.20. The van der Waals surface area contributed by atoms with E-state index in [0.717, 1.165) is 25.9 Å². The summed E-state index contributed by atoms with van der Waals surface area (Å²) < 4.78 is 0. The number of unbranched alkanes of at least 4 members (excludes halogenated alkanes) is 1. The molecule has 0 aromatic heterocycles. The van der Waals surface area contributed by atoms with E-state index >= 15 is 0 Å². The molecule has 0 saturated carbocycles. The Morgan fingerprint density at radius 1 is 1.33 bits per heavy atom. The molecule has 5 heteroatoms. The zero-order valence-corrected chi connectivity index (χ0v) is 11.5. The largest absolute Gasteiger partial charge is 0.396 e. The summed E-state index contributed by atoms with van der Waals surface area (Å²) in [4.78, 5) is 14.0. The Labute approximate surface area is 110 Å². The molecule has 2 amide bonds. The Morgan fingerprint density at radius 3 is 2.67 bits per heavy atom. The fourth-order valence-electron chi connectivity index (χ4n) is 2.20. The number of hydrogen-bond acceptors (Lipinski definition) is 3. The van der Waals surface area contributed by atoms with Crippen LogP contribution in [0.1, 0.15) is 39.0 Å². The Balaban J connectivity index is 2.09. The lowest BCUT2D eigenvalue weighted by Gasteiger charge is -2.32. The molecule has 18 heavy (non-hydrogen) atoms. The quantitative estimate of drug-likeness (QED) is 0.595. The molecule has 1 aliphatic heterocycles. The number of nitrogens with zero attached hydrogens (tertiary/aromatic N) is 1. The number of likely N-dealkylation sites (tertiary alicyclic amines) is 1. The van der Waals surface area contributed by atoms with Crippen molar-refractivity contribution in [3.63, 3.8) is 0 Å². The molecule has 1 aliphatic rings. The molecule has 3 N–H and O–H groups in total. The first-order chi connectivity index (χ1) is 8.76. The van der Waals surface area contributed by atoms with Gasteiger partial charge in [-0.2, -0.15) is 0 Å². The molecular formula is C13H27N3O2. The van der Waals surface area contributed by atoms with Crippen LogP contribution in [0.15, 0.2) is 0 Å². The monoisotopic (exact) mass is 257 g/mol. The molecule has 0 bridgehead atoms. The molecule has 1 heterocycles. The minimum atomic E-state index is -0.101. The Bertz CT molecular complexity index is 228. The van der Waals surface area contributed by atoms with E-state index in [1.54, 1.807) is 0 Å². The maximum absolute atomic E-state index is 11.5. The number of rotatable bonds is 7. The summed E-state index contributed by atoms with van der Waals surface area (Å²) in [6, 6.07) is 0.201. The summed E-state index contributed by atoms with van der Waals surface area (Å²) in [5.41, 5.74) is 0. The van der Waals surface area contributed by atoms with Gasteiger partial charge in [0.05, 0.1) is 0 Å². The van der Waals surface area contributed by atoms with Gasteiger partial charge in [-0.25, -0.2) is 4.79 Å². The molecule has 1 fully saturated rings. The zero-order chi connectivity index (χ0) is 13.2. The van der Waals surface area contributed by atoms with Gasteiger partial charge in [0.2, 0.25) is 0 Å². The standard InChI is InChI=1S/C13H27N3O2/c1-2-3-8-16-9-5-12(6-10-16)15-13(18)14-7-4-11-17/h12,17H,2-11H2,1H3,(H2,14,15,18). The van der Waals surface area contributed by atoms with E-state index in [2.05, 4.69) is 22.5 Å². The highest BCUT2D eigenvalue weighted by Gasteiger charge is 2.19. The first kappa shape index (κ1) is 15.2. The maximum Gasteiger partial charge on any atom is 0.315 e. The van der Waals surface area contributed by atoms with Crippen LogP contribution >= 0.6 is 0 Å². The summed E-state index contributed by atoms with van der Waals surface area (Å²) in [5.74, 6) is 0. The number of aliphatic hydroxyl groups excluding tert-OH is 1. The van der Waals surface area contributed by atoms with Crippen LogP contribution in [-0.4, -0.2) is 54.9 Å². The first-order valence-electron chi connectivity index (χ1n) is 7.13.